The van der Waals surface area contributed by atoms with Gasteiger partial charge >= 0.3 is 0 Å². The smallest absolute Gasteiger partial charge is 0.254 e. The van der Waals surface area contributed by atoms with E-state index >= 15 is 0 Å². The van der Waals surface area contributed by atoms with Crippen molar-refractivity contribution in [1.29, 1.82) is 0 Å². The van der Waals surface area contributed by atoms with Gasteiger partial charge < -0.3 is 5.32 Å². The first kappa shape index (κ1) is 12.0. The second-order valence-electron chi connectivity index (χ2n) is 3.63. The molecule has 1 atom stereocenters. The molecule has 1 N–H and O–H groups in total. The van der Waals surface area contributed by atoms with E-state index in [2.05, 4.69) is 10.4 Å². The van der Waals surface area contributed by atoms with Crippen LogP contribution in [-0.4, -0.2) is 27.6 Å². The fourth-order valence-electron chi connectivity index (χ4n) is 1.30. The number of amides is 1. The Morgan fingerprint density at radius 2 is 2.40 bits per heavy atom. The lowest BCUT2D eigenvalue weighted by molar-refractivity contribution is 0.0952. The Kier molecular flexibility index (Phi) is 4.15. The van der Waals surface area contributed by atoms with Crippen LogP contribution in [0.15, 0.2) is 6.20 Å². The minimum atomic E-state index is -0.0853. The van der Waals surface area contributed by atoms with E-state index < -0.39 is 0 Å². The zero-order valence-electron chi connectivity index (χ0n) is 9.25. The predicted octanol–water partition coefficient (Wildman–Crippen LogP) is 1.48. The quantitative estimate of drug-likeness (QED) is 0.795. The molecule has 0 spiro atoms. The summed E-state index contributed by atoms with van der Waals surface area (Å²) in [4.78, 5) is 11.7. The molecule has 5 heteroatoms. The van der Waals surface area contributed by atoms with Crippen molar-refractivity contribution in [2.45, 2.75) is 25.6 Å². The van der Waals surface area contributed by atoms with Crippen molar-refractivity contribution in [3.05, 3.63) is 17.5 Å². The van der Waals surface area contributed by atoms with Gasteiger partial charge in [0, 0.05) is 25.2 Å². The van der Waals surface area contributed by atoms with Gasteiger partial charge in [0.1, 0.15) is 0 Å². The van der Waals surface area contributed by atoms with Gasteiger partial charge in [0.05, 0.1) is 11.3 Å². The van der Waals surface area contributed by atoms with Gasteiger partial charge in [-0.05, 0) is 20.3 Å². The van der Waals surface area contributed by atoms with Crippen LogP contribution in [0.5, 0.6) is 0 Å². The summed E-state index contributed by atoms with van der Waals surface area (Å²) < 4.78 is 1.63. The van der Waals surface area contributed by atoms with Crippen molar-refractivity contribution in [1.82, 2.24) is 15.1 Å². The van der Waals surface area contributed by atoms with Gasteiger partial charge in [-0.3, -0.25) is 9.48 Å². The number of nitrogens with zero attached hydrogens (tertiary/aromatic N) is 2. The summed E-state index contributed by atoms with van der Waals surface area (Å²) in [6.45, 7) is 4.32. The Bertz CT molecular complexity index is 346. The van der Waals surface area contributed by atoms with E-state index in [1.54, 1.807) is 17.9 Å². The van der Waals surface area contributed by atoms with Gasteiger partial charge in [0.2, 0.25) is 0 Å². The molecule has 15 heavy (non-hydrogen) atoms. The molecule has 0 bridgehead atoms. The number of hydrogen-bond acceptors (Lipinski definition) is 2. The highest BCUT2D eigenvalue weighted by molar-refractivity contribution is 6.20. The Morgan fingerprint density at radius 1 is 1.73 bits per heavy atom. The molecular formula is C10H16ClN3O. The molecule has 1 heterocycles. The molecule has 4 nitrogen and oxygen atoms in total. The number of hydrogen-bond donors (Lipinski definition) is 1. The highest BCUT2D eigenvalue weighted by Crippen LogP contribution is 2.04. The first-order chi connectivity index (χ1) is 7.00. The molecule has 84 valence electrons. The maximum Gasteiger partial charge on any atom is 0.254 e. The van der Waals surface area contributed by atoms with Crippen LogP contribution in [0.3, 0.4) is 0 Å². The first-order valence-corrected chi connectivity index (χ1v) is 5.37. The molecule has 1 aromatic rings. The van der Waals surface area contributed by atoms with Gasteiger partial charge in [-0.25, -0.2) is 0 Å². The van der Waals surface area contributed by atoms with Crippen LogP contribution in [0.1, 0.15) is 29.4 Å². The molecule has 0 saturated heterocycles. The molecular weight excluding hydrogens is 214 g/mol. The standard InChI is InChI=1S/C10H16ClN3O/c1-7(11)4-5-12-10(15)9-6-14(3)13-8(9)2/h6-7H,4-5H2,1-3H3,(H,12,15). The second kappa shape index (κ2) is 5.16. The lowest BCUT2D eigenvalue weighted by atomic mass is 10.2. The Hall–Kier alpha value is -1.03. The van der Waals surface area contributed by atoms with Crippen molar-refractivity contribution < 1.29 is 4.79 Å². The summed E-state index contributed by atoms with van der Waals surface area (Å²) in [5.74, 6) is -0.0853. The lowest BCUT2D eigenvalue weighted by Crippen LogP contribution is -2.25. The topological polar surface area (TPSA) is 46.9 Å². The molecule has 0 radical (unpaired) electrons. The summed E-state index contributed by atoms with van der Waals surface area (Å²) >= 11 is 5.77. The largest absolute Gasteiger partial charge is 0.352 e. The number of rotatable bonds is 4. The van der Waals surface area contributed by atoms with E-state index in [1.807, 2.05) is 13.8 Å². The van der Waals surface area contributed by atoms with Gasteiger partial charge in [-0.1, -0.05) is 0 Å². The van der Waals surface area contributed by atoms with E-state index in [-0.39, 0.29) is 11.3 Å². The highest BCUT2D eigenvalue weighted by atomic mass is 35.5. The average Bonchev–Trinajstić information content (AvgIpc) is 2.44. The van der Waals surface area contributed by atoms with Crippen molar-refractivity contribution in [3.63, 3.8) is 0 Å². The zero-order valence-corrected chi connectivity index (χ0v) is 10.0. The van der Waals surface area contributed by atoms with Gasteiger partial charge in [0.15, 0.2) is 0 Å². The minimum absolute atomic E-state index is 0.0836. The van der Waals surface area contributed by atoms with Gasteiger partial charge in [-0.15, -0.1) is 11.6 Å². The number of nitrogens with one attached hydrogen (secondary N) is 1. The van der Waals surface area contributed by atoms with Crippen LogP contribution in [0.4, 0.5) is 0 Å². The number of halogens is 1. The maximum absolute atomic E-state index is 11.7. The van der Waals surface area contributed by atoms with E-state index in [4.69, 9.17) is 11.6 Å². The number of carbonyl (C=O) groups is 1. The maximum atomic E-state index is 11.7. The summed E-state index contributed by atoms with van der Waals surface area (Å²) in [5, 5.41) is 7.00. The highest BCUT2D eigenvalue weighted by Gasteiger charge is 2.11. The molecule has 1 amide bonds. The third-order valence-electron chi connectivity index (χ3n) is 2.09. The zero-order chi connectivity index (χ0) is 11.4. The molecule has 0 aromatic carbocycles. The van der Waals surface area contributed by atoms with Crippen LogP contribution < -0.4 is 5.32 Å². The van der Waals surface area contributed by atoms with Crippen molar-refractivity contribution in [2.75, 3.05) is 6.54 Å². The molecule has 0 saturated carbocycles. The summed E-state index contributed by atoms with van der Waals surface area (Å²) in [5.41, 5.74) is 1.37. The Labute approximate surface area is 94.6 Å². The number of aryl methyl sites for hydroxylation is 2. The normalized spacial score (nSPS) is 12.5. The average molecular weight is 230 g/mol. The SMILES string of the molecule is Cc1nn(C)cc1C(=O)NCCC(C)Cl. The Morgan fingerprint density at radius 3 is 2.87 bits per heavy atom. The van der Waals surface area contributed by atoms with E-state index in [9.17, 15) is 4.79 Å². The molecule has 0 aliphatic rings. The first-order valence-electron chi connectivity index (χ1n) is 4.93. The van der Waals surface area contributed by atoms with Crippen molar-refractivity contribution in [2.24, 2.45) is 7.05 Å². The summed E-state index contributed by atoms with van der Waals surface area (Å²) in [6.07, 6.45) is 2.49. The number of alkyl halides is 1. The summed E-state index contributed by atoms with van der Waals surface area (Å²) in [6, 6.07) is 0. The molecule has 1 unspecified atom stereocenters. The molecule has 0 aliphatic heterocycles. The van der Waals surface area contributed by atoms with Crippen LogP contribution in [-0.2, 0) is 7.05 Å². The molecule has 1 aromatic heterocycles. The van der Waals surface area contributed by atoms with Crippen LogP contribution in [0.25, 0.3) is 0 Å². The van der Waals surface area contributed by atoms with E-state index in [0.717, 1.165) is 12.1 Å². The number of carbonyl (C=O) groups excluding carboxylic acids is 1. The fourth-order valence-corrected chi connectivity index (χ4v) is 1.41. The van der Waals surface area contributed by atoms with E-state index in [0.29, 0.717) is 12.1 Å². The third-order valence-corrected chi connectivity index (χ3v) is 2.30. The second-order valence-corrected chi connectivity index (χ2v) is 4.37. The van der Waals surface area contributed by atoms with Gasteiger partial charge in [-0.2, -0.15) is 5.10 Å². The lowest BCUT2D eigenvalue weighted by Gasteiger charge is -2.04. The number of aromatic nitrogens is 2. The molecule has 0 fully saturated rings. The predicted molar refractivity (Wildman–Crippen MR) is 60.2 cm³/mol. The van der Waals surface area contributed by atoms with Crippen LogP contribution >= 0.6 is 11.6 Å². The minimum Gasteiger partial charge on any atom is -0.352 e. The third kappa shape index (κ3) is 3.55. The van der Waals surface area contributed by atoms with Gasteiger partial charge in [0.25, 0.3) is 5.91 Å². The monoisotopic (exact) mass is 229 g/mol. The Balaban J connectivity index is 2.50. The van der Waals surface area contributed by atoms with Crippen molar-refractivity contribution >= 4 is 17.5 Å². The van der Waals surface area contributed by atoms with Crippen molar-refractivity contribution in [3.8, 4) is 0 Å². The summed E-state index contributed by atoms with van der Waals surface area (Å²) in [7, 11) is 1.80. The molecule has 1 rings (SSSR count). The van der Waals surface area contributed by atoms with Crippen LogP contribution in [0, 0.1) is 6.92 Å². The van der Waals surface area contributed by atoms with E-state index in [1.165, 1.54) is 0 Å². The fraction of sp³-hybridized carbons (Fsp3) is 0.600. The molecule has 0 aliphatic carbocycles. The van der Waals surface area contributed by atoms with Crippen LogP contribution in [0.2, 0.25) is 0 Å².